The third kappa shape index (κ3) is 2.83. The first-order chi connectivity index (χ1) is 5.20. The highest BCUT2D eigenvalue weighted by atomic mass is 33.1. The van der Waals surface area contributed by atoms with Crippen LogP contribution < -0.4 is 4.89 Å². The van der Waals surface area contributed by atoms with E-state index in [9.17, 15) is 14.3 Å². The Hall–Kier alpha value is -0.0300. The summed E-state index contributed by atoms with van der Waals surface area (Å²) in [4.78, 5) is 20.7. The molecule has 2 atom stereocenters. The molecule has 1 heterocycles. The lowest BCUT2D eigenvalue weighted by Crippen LogP contribution is -2.14. The van der Waals surface area contributed by atoms with Crippen LogP contribution in [0.15, 0.2) is 11.5 Å². The Morgan fingerprint density at radius 3 is 2.91 bits per heavy atom. The van der Waals surface area contributed by atoms with E-state index in [2.05, 4.69) is 4.52 Å². The molecule has 0 aromatic rings. The van der Waals surface area contributed by atoms with Gasteiger partial charge in [0.25, 0.3) is 0 Å². The first kappa shape index (κ1) is 9.06. The fourth-order valence-electron chi connectivity index (χ4n) is 0.471. The van der Waals surface area contributed by atoms with Crippen molar-refractivity contribution in [2.45, 2.75) is 5.25 Å². The van der Waals surface area contributed by atoms with Crippen molar-refractivity contribution in [3.8, 4) is 0 Å². The summed E-state index contributed by atoms with van der Waals surface area (Å²) >= 11 is 0. The smallest absolute Gasteiger partial charge is 0.542 e. The molecular weight excluding hydrogens is 207 g/mol. The van der Waals surface area contributed by atoms with Crippen LogP contribution in [0.3, 0.4) is 0 Å². The van der Waals surface area contributed by atoms with Crippen LogP contribution in [-0.4, -0.2) is 11.2 Å². The van der Waals surface area contributed by atoms with Gasteiger partial charge in [0, 0.05) is 0 Å². The van der Waals surface area contributed by atoms with Crippen molar-refractivity contribution in [3.63, 3.8) is 0 Å². The average Bonchev–Trinajstić information content (AvgIpc) is 2.35. The fraction of sp³-hybridized carbons (Fsp3) is 0.250. The Labute approximate surface area is 71.7 Å². The van der Waals surface area contributed by atoms with Crippen LogP contribution in [0.2, 0.25) is 0 Å². The van der Waals surface area contributed by atoms with Gasteiger partial charge in [-0.2, -0.15) is 0 Å². The largest absolute Gasteiger partial charge is 0.558 e. The standard InChI is InChI=1S/C4H3O4PS2/c5-4(8-9(6)7)3-1-2-10-11-3/h1-3H. The van der Waals surface area contributed by atoms with E-state index in [1.165, 1.54) is 21.6 Å². The highest BCUT2D eigenvalue weighted by Gasteiger charge is 2.26. The summed E-state index contributed by atoms with van der Waals surface area (Å²) < 4.78 is 13.9. The van der Waals surface area contributed by atoms with E-state index < -0.39 is 19.5 Å². The number of hydrogen-bond donors (Lipinski definition) is 0. The van der Waals surface area contributed by atoms with Crippen molar-refractivity contribution < 1.29 is 18.8 Å². The fourth-order valence-corrected chi connectivity index (χ4v) is 2.75. The Morgan fingerprint density at radius 1 is 1.73 bits per heavy atom. The second kappa shape index (κ2) is 4.11. The maximum Gasteiger partial charge on any atom is 0.542 e. The molecule has 0 spiro atoms. The molecule has 1 rings (SSSR count). The average molecular weight is 210 g/mol. The molecule has 0 saturated heterocycles. The zero-order valence-corrected chi connectivity index (χ0v) is 7.66. The van der Waals surface area contributed by atoms with Gasteiger partial charge in [-0.15, -0.1) is 0 Å². The predicted octanol–water partition coefficient (Wildman–Crippen LogP) is 0.825. The van der Waals surface area contributed by atoms with Crippen molar-refractivity contribution in [1.29, 1.82) is 0 Å². The molecule has 4 nitrogen and oxygen atoms in total. The molecular formula is C4H3O4PS2. The monoisotopic (exact) mass is 210 g/mol. The molecule has 1 aliphatic heterocycles. The molecule has 0 bridgehead atoms. The van der Waals surface area contributed by atoms with Gasteiger partial charge in [-0.3, -0.25) is 0 Å². The zero-order chi connectivity index (χ0) is 8.27. The van der Waals surface area contributed by atoms with Gasteiger partial charge < -0.3 is 4.89 Å². The van der Waals surface area contributed by atoms with Crippen LogP contribution in [-0.2, 0) is 13.9 Å². The van der Waals surface area contributed by atoms with Crippen molar-refractivity contribution >= 4 is 35.8 Å². The normalized spacial score (nSPS) is 23.4. The second-order valence-electron chi connectivity index (χ2n) is 1.58. The molecule has 0 amide bonds. The molecule has 1 aliphatic rings. The second-order valence-corrected chi connectivity index (χ2v) is 4.52. The van der Waals surface area contributed by atoms with Crippen LogP contribution in [0.25, 0.3) is 0 Å². The lowest BCUT2D eigenvalue weighted by molar-refractivity contribution is -0.187. The van der Waals surface area contributed by atoms with Gasteiger partial charge in [-0.05, 0) is 9.97 Å². The number of carbonyl (C=O) groups excluding carboxylic acids is 1. The van der Waals surface area contributed by atoms with Gasteiger partial charge in [-0.1, -0.05) is 27.7 Å². The maximum absolute atomic E-state index is 10.8. The van der Waals surface area contributed by atoms with Crippen LogP contribution in [0.4, 0.5) is 0 Å². The van der Waals surface area contributed by atoms with E-state index in [4.69, 9.17) is 0 Å². The summed E-state index contributed by atoms with van der Waals surface area (Å²) in [5.74, 6) is -0.729. The van der Waals surface area contributed by atoms with Crippen LogP contribution in [0.1, 0.15) is 0 Å². The maximum atomic E-state index is 10.8. The van der Waals surface area contributed by atoms with Crippen LogP contribution >= 0.6 is 29.8 Å². The Kier molecular flexibility index (Phi) is 3.39. The van der Waals surface area contributed by atoms with E-state index in [1.54, 1.807) is 11.5 Å². The number of carbonyl (C=O) groups is 1. The lowest BCUT2D eigenvalue weighted by atomic mass is 10.4. The minimum atomic E-state index is -3.06. The first-order valence-corrected chi connectivity index (χ1v) is 5.92. The van der Waals surface area contributed by atoms with Gasteiger partial charge >= 0.3 is 14.2 Å². The van der Waals surface area contributed by atoms with E-state index in [-0.39, 0.29) is 0 Å². The topological polar surface area (TPSA) is 66.4 Å². The molecule has 0 aromatic heterocycles. The molecule has 11 heavy (non-hydrogen) atoms. The Balaban J connectivity index is 2.41. The van der Waals surface area contributed by atoms with Crippen molar-refractivity contribution in [2.75, 3.05) is 0 Å². The summed E-state index contributed by atoms with van der Waals surface area (Å²) in [5.41, 5.74) is 0. The third-order valence-corrected chi connectivity index (χ3v) is 3.42. The Morgan fingerprint density at radius 2 is 2.45 bits per heavy atom. The number of rotatable bonds is 2. The summed E-state index contributed by atoms with van der Waals surface area (Å²) in [6, 6.07) is 0. The minimum Gasteiger partial charge on any atom is -0.558 e. The van der Waals surface area contributed by atoms with Crippen LogP contribution in [0, 0.1) is 0 Å². The van der Waals surface area contributed by atoms with E-state index >= 15 is 0 Å². The molecule has 7 heteroatoms. The molecule has 0 saturated carbocycles. The van der Waals surface area contributed by atoms with Gasteiger partial charge in [0.1, 0.15) is 5.25 Å². The predicted molar refractivity (Wildman–Crippen MR) is 41.8 cm³/mol. The van der Waals surface area contributed by atoms with Crippen molar-refractivity contribution in [1.82, 2.24) is 0 Å². The molecule has 2 unspecified atom stereocenters. The zero-order valence-electron chi connectivity index (χ0n) is 5.13. The summed E-state index contributed by atoms with van der Waals surface area (Å²) in [6.45, 7) is 0. The van der Waals surface area contributed by atoms with Gasteiger partial charge in [0.15, 0.2) is 0 Å². The summed E-state index contributed by atoms with van der Waals surface area (Å²) in [5, 5.41) is 1.24. The van der Waals surface area contributed by atoms with E-state index in [0.29, 0.717) is 0 Å². The van der Waals surface area contributed by atoms with E-state index in [1.807, 2.05) is 0 Å². The van der Waals surface area contributed by atoms with Crippen molar-refractivity contribution in [3.05, 3.63) is 11.5 Å². The quantitative estimate of drug-likeness (QED) is 0.496. The molecule has 0 aliphatic carbocycles. The molecule has 0 N–H and O–H groups in total. The van der Waals surface area contributed by atoms with Crippen molar-refractivity contribution in [2.24, 2.45) is 0 Å². The first-order valence-electron chi connectivity index (χ1n) is 2.55. The molecule has 60 valence electrons. The highest BCUT2D eigenvalue weighted by Crippen LogP contribution is 2.36. The lowest BCUT2D eigenvalue weighted by Gasteiger charge is -1.97. The highest BCUT2D eigenvalue weighted by molar-refractivity contribution is 8.78. The van der Waals surface area contributed by atoms with Gasteiger partial charge in [-0.25, -0.2) is 9.32 Å². The van der Waals surface area contributed by atoms with E-state index in [0.717, 1.165) is 0 Å². The molecule has 0 radical (unpaired) electrons. The SMILES string of the molecule is O=C(O[P+](=O)[O-])C1C=CSS1. The van der Waals surface area contributed by atoms with Gasteiger partial charge in [0.2, 0.25) is 0 Å². The van der Waals surface area contributed by atoms with Gasteiger partial charge in [0.05, 0.1) is 0 Å². The minimum absolute atomic E-state index is 0.479. The Bertz CT molecular complexity index is 216. The third-order valence-electron chi connectivity index (χ3n) is 0.865. The molecule has 0 aromatic carbocycles. The number of hydrogen-bond acceptors (Lipinski definition) is 6. The summed E-state index contributed by atoms with van der Waals surface area (Å²) in [6.07, 6.45) is 1.59. The van der Waals surface area contributed by atoms with Crippen LogP contribution in [0.5, 0.6) is 0 Å². The molecule has 0 fully saturated rings. The summed E-state index contributed by atoms with van der Waals surface area (Å²) in [7, 11) is -0.430.